The van der Waals surface area contributed by atoms with Crippen molar-refractivity contribution in [2.24, 2.45) is 0 Å². The Kier molecular flexibility index (Phi) is 4.60. The molecule has 0 aromatic heterocycles. The first-order chi connectivity index (χ1) is 9.51. The summed E-state index contributed by atoms with van der Waals surface area (Å²) in [6.45, 7) is 1.84. The predicted octanol–water partition coefficient (Wildman–Crippen LogP) is 4.91. The monoisotopic (exact) mass is 341 g/mol. The largest absolute Gasteiger partial charge is 0.494 e. The summed E-state index contributed by atoms with van der Waals surface area (Å²) in [6.07, 6.45) is 0. The summed E-state index contributed by atoms with van der Waals surface area (Å²) in [6, 6.07) is 9.09. The molecule has 2 nitrogen and oxygen atoms in total. The molecule has 0 aliphatic heterocycles. The molecular formula is C15H14BrF2NO. The van der Waals surface area contributed by atoms with Gasteiger partial charge in [0.1, 0.15) is 5.82 Å². The SMILES string of the molecule is COc1cc(NC(C)c2ccc(Br)cc2F)ccc1F. The zero-order valence-electron chi connectivity index (χ0n) is 11.1. The van der Waals surface area contributed by atoms with Gasteiger partial charge in [0.15, 0.2) is 11.6 Å². The van der Waals surface area contributed by atoms with Crippen LogP contribution in [0.2, 0.25) is 0 Å². The van der Waals surface area contributed by atoms with E-state index < -0.39 is 5.82 Å². The van der Waals surface area contributed by atoms with Crippen molar-refractivity contribution < 1.29 is 13.5 Å². The van der Waals surface area contributed by atoms with E-state index in [1.54, 1.807) is 24.3 Å². The van der Waals surface area contributed by atoms with Crippen LogP contribution in [0.4, 0.5) is 14.5 Å². The number of anilines is 1. The number of hydrogen-bond donors (Lipinski definition) is 1. The number of methoxy groups -OCH3 is 1. The van der Waals surface area contributed by atoms with Gasteiger partial charge in [0.25, 0.3) is 0 Å². The van der Waals surface area contributed by atoms with Gasteiger partial charge in [0.05, 0.1) is 13.2 Å². The maximum absolute atomic E-state index is 13.9. The van der Waals surface area contributed by atoms with Crippen molar-refractivity contribution in [3.05, 3.63) is 58.1 Å². The summed E-state index contributed by atoms with van der Waals surface area (Å²) in [5.74, 6) is -0.576. The summed E-state index contributed by atoms with van der Waals surface area (Å²) in [5, 5.41) is 3.12. The van der Waals surface area contributed by atoms with Crippen LogP contribution in [0.5, 0.6) is 5.75 Å². The number of ether oxygens (including phenoxy) is 1. The van der Waals surface area contributed by atoms with Crippen LogP contribution < -0.4 is 10.1 Å². The van der Waals surface area contributed by atoms with E-state index in [0.29, 0.717) is 15.7 Å². The lowest BCUT2D eigenvalue weighted by Crippen LogP contribution is -2.08. The van der Waals surface area contributed by atoms with Crippen molar-refractivity contribution in [2.75, 3.05) is 12.4 Å². The second kappa shape index (κ2) is 6.22. The van der Waals surface area contributed by atoms with Crippen molar-refractivity contribution >= 4 is 21.6 Å². The van der Waals surface area contributed by atoms with Gasteiger partial charge in [0, 0.05) is 21.8 Å². The zero-order chi connectivity index (χ0) is 14.7. The maximum Gasteiger partial charge on any atom is 0.165 e. The smallest absolute Gasteiger partial charge is 0.165 e. The van der Waals surface area contributed by atoms with Gasteiger partial charge in [-0.15, -0.1) is 0 Å². The molecule has 5 heteroatoms. The molecule has 2 rings (SSSR count). The molecule has 0 saturated heterocycles. The van der Waals surface area contributed by atoms with Crippen LogP contribution in [-0.4, -0.2) is 7.11 Å². The quantitative estimate of drug-likeness (QED) is 0.853. The fourth-order valence-corrected chi connectivity index (χ4v) is 2.26. The minimum absolute atomic E-state index is 0.151. The van der Waals surface area contributed by atoms with Crippen LogP contribution in [0.1, 0.15) is 18.5 Å². The molecule has 0 amide bonds. The Bertz CT molecular complexity index is 619. The normalized spacial score (nSPS) is 12.1. The molecule has 0 aliphatic carbocycles. The minimum atomic E-state index is -0.430. The first kappa shape index (κ1) is 14.8. The summed E-state index contributed by atoms with van der Waals surface area (Å²) in [5.41, 5.74) is 1.20. The lowest BCUT2D eigenvalue weighted by atomic mass is 10.1. The molecule has 2 aromatic carbocycles. The maximum atomic E-state index is 13.9. The van der Waals surface area contributed by atoms with E-state index in [-0.39, 0.29) is 17.6 Å². The van der Waals surface area contributed by atoms with Gasteiger partial charge >= 0.3 is 0 Å². The molecular weight excluding hydrogens is 328 g/mol. The third-order valence-electron chi connectivity index (χ3n) is 2.96. The number of hydrogen-bond acceptors (Lipinski definition) is 2. The van der Waals surface area contributed by atoms with Gasteiger partial charge < -0.3 is 10.1 Å². The first-order valence-electron chi connectivity index (χ1n) is 6.06. The second-order valence-electron chi connectivity index (χ2n) is 4.38. The highest BCUT2D eigenvalue weighted by molar-refractivity contribution is 9.10. The Morgan fingerprint density at radius 3 is 2.50 bits per heavy atom. The van der Waals surface area contributed by atoms with Gasteiger partial charge in [-0.05, 0) is 31.2 Å². The third-order valence-corrected chi connectivity index (χ3v) is 3.46. The molecule has 0 saturated carbocycles. The fraction of sp³-hybridized carbons (Fsp3) is 0.200. The van der Waals surface area contributed by atoms with E-state index in [2.05, 4.69) is 21.2 Å². The van der Waals surface area contributed by atoms with E-state index >= 15 is 0 Å². The molecule has 2 aromatic rings. The Hall–Kier alpha value is -1.62. The van der Waals surface area contributed by atoms with Gasteiger partial charge in [-0.25, -0.2) is 8.78 Å². The van der Waals surface area contributed by atoms with E-state index in [4.69, 9.17) is 4.74 Å². The molecule has 0 radical (unpaired) electrons. The van der Waals surface area contributed by atoms with Crippen LogP contribution in [0, 0.1) is 11.6 Å². The predicted molar refractivity (Wildman–Crippen MR) is 79.1 cm³/mol. The van der Waals surface area contributed by atoms with Gasteiger partial charge in [-0.1, -0.05) is 22.0 Å². The van der Waals surface area contributed by atoms with E-state index in [1.807, 2.05) is 6.92 Å². The first-order valence-corrected chi connectivity index (χ1v) is 6.85. The molecule has 0 heterocycles. The van der Waals surface area contributed by atoms with Crippen LogP contribution in [0.15, 0.2) is 40.9 Å². The van der Waals surface area contributed by atoms with E-state index in [1.165, 1.54) is 19.2 Å². The highest BCUT2D eigenvalue weighted by Crippen LogP contribution is 2.27. The lowest BCUT2D eigenvalue weighted by molar-refractivity contribution is 0.387. The number of rotatable bonds is 4. The van der Waals surface area contributed by atoms with Gasteiger partial charge in [-0.2, -0.15) is 0 Å². The number of benzene rings is 2. The Labute approximate surface area is 124 Å². The molecule has 0 bridgehead atoms. The van der Waals surface area contributed by atoms with Crippen LogP contribution in [-0.2, 0) is 0 Å². The zero-order valence-corrected chi connectivity index (χ0v) is 12.7. The van der Waals surface area contributed by atoms with Crippen molar-refractivity contribution in [1.29, 1.82) is 0 Å². The fourth-order valence-electron chi connectivity index (χ4n) is 1.93. The summed E-state index contributed by atoms with van der Waals surface area (Å²) < 4.78 is 32.8. The van der Waals surface area contributed by atoms with Crippen molar-refractivity contribution in [3.63, 3.8) is 0 Å². The summed E-state index contributed by atoms with van der Waals surface area (Å²) in [7, 11) is 1.40. The average Bonchev–Trinajstić information content (AvgIpc) is 2.40. The Balaban J connectivity index is 2.21. The van der Waals surface area contributed by atoms with Gasteiger partial charge in [-0.3, -0.25) is 0 Å². The molecule has 1 unspecified atom stereocenters. The molecule has 1 atom stereocenters. The van der Waals surface area contributed by atoms with Crippen molar-refractivity contribution in [2.45, 2.75) is 13.0 Å². The lowest BCUT2D eigenvalue weighted by Gasteiger charge is -2.17. The molecule has 20 heavy (non-hydrogen) atoms. The molecule has 0 spiro atoms. The van der Waals surface area contributed by atoms with Crippen LogP contribution in [0.25, 0.3) is 0 Å². The molecule has 106 valence electrons. The standard InChI is InChI=1S/C15H14BrF2NO/c1-9(12-5-3-10(16)7-14(12)18)19-11-4-6-13(17)15(8-11)20-2/h3-9,19H,1-2H3. The average molecular weight is 342 g/mol. The topological polar surface area (TPSA) is 21.3 Å². The van der Waals surface area contributed by atoms with Crippen LogP contribution in [0.3, 0.4) is 0 Å². The summed E-state index contributed by atoms with van der Waals surface area (Å²) in [4.78, 5) is 0. The van der Waals surface area contributed by atoms with Gasteiger partial charge in [0.2, 0.25) is 0 Å². The molecule has 0 fully saturated rings. The number of nitrogens with one attached hydrogen (secondary N) is 1. The van der Waals surface area contributed by atoms with E-state index in [0.717, 1.165) is 0 Å². The van der Waals surface area contributed by atoms with E-state index in [9.17, 15) is 8.78 Å². The summed E-state index contributed by atoms with van der Waals surface area (Å²) >= 11 is 3.22. The highest BCUT2D eigenvalue weighted by atomic mass is 79.9. The number of halogens is 3. The van der Waals surface area contributed by atoms with Crippen molar-refractivity contribution in [1.82, 2.24) is 0 Å². The Morgan fingerprint density at radius 1 is 1.10 bits per heavy atom. The second-order valence-corrected chi connectivity index (χ2v) is 5.30. The molecule has 0 aliphatic rings. The third kappa shape index (κ3) is 3.28. The highest BCUT2D eigenvalue weighted by Gasteiger charge is 2.12. The van der Waals surface area contributed by atoms with Crippen LogP contribution >= 0.6 is 15.9 Å². The molecule has 1 N–H and O–H groups in total. The van der Waals surface area contributed by atoms with Crippen molar-refractivity contribution in [3.8, 4) is 5.75 Å². The minimum Gasteiger partial charge on any atom is -0.494 e. The Morgan fingerprint density at radius 2 is 1.85 bits per heavy atom.